The highest BCUT2D eigenvalue weighted by atomic mass is 32.1. The Bertz CT molecular complexity index is 2800. The number of fused-ring (bicyclic) bond motifs is 13. The van der Waals surface area contributed by atoms with E-state index < -0.39 is 5.41 Å². The first-order chi connectivity index (χ1) is 25.7. The minimum atomic E-state index is -0.417. The van der Waals surface area contributed by atoms with E-state index in [4.69, 9.17) is 0 Å². The Morgan fingerprint density at radius 2 is 0.885 bits per heavy atom. The second-order valence-electron chi connectivity index (χ2n) is 13.9. The van der Waals surface area contributed by atoms with E-state index in [1.165, 1.54) is 66.3 Å². The third kappa shape index (κ3) is 3.97. The maximum absolute atomic E-state index is 4.67. The molecule has 1 aromatic heterocycles. The van der Waals surface area contributed by atoms with Crippen LogP contribution in [0.3, 0.4) is 0 Å². The molecule has 0 amide bonds. The van der Waals surface area contributed by atoms with Crippen molar-refractivity contribution < 1.29 is 0 Å². The van der Waals surface area contributed by atoms with E-state index >= 15 is 0 Å². The highest BCUT2D eigenvalue weighted by Crippen LogP contribution is 2.63. The molecule has 1 spiro atoms. The molecule has 0 aliphatic heterocycles. The summed E-state index contributed by atoms with van der Waals surface area (Å²) < 4.78 is 2.39. The summed E-state index contributed by atoms with van der Waals surface area (Å²) in [4.78, 5) is 3.34. The normalized spacial score (nSPS) is 13.2. The number of hydrogen-bond acceptors (Lipinski definition) is 2. The van der Waals surface area contributed by atoms with Gasteiger partial charge >= 0.3 is 0 Å². The first-order valence-corrected chi connectivity index (χ1v) is 18.3. The summed E-state index contributed by atoms with van der Waals surface area (Å²) in [5, 5.41) is 2.48. The van der Waals surface area contributed by atoms with E-state index in [0.29, 0.717) is 0 Å². The summed E-state index contributed by atoms with van der Waals surface area (Å²) in [6.07, 6.45) is 0. The van der Waals surface area contributed by atoms with Crippen molar-refractivity contribution in [3.05, 3.63) is 210 Å². The second kappa shape index (κ2) is 11.1. The largest absolute Gasteiger partial charge is 0.310 e. The summed E-state index contributed by atoms with van der Waals surface area (Å²) in [6, 6.07) is 69.0. The Hall–Kier alpha value is -6.29. The molecule has 0 saturated carbocycles. The lowest BCUT2D eigenvalue weighted by Gasteiger charge is -2.32. The number of thiol groups is 1. The lowest BCUT2D eigenvalue weighted by atomic mass is 9.70. The monoisotopic (exact) mass is 680 g/mol. The number of benzene rings is 8. The van der Waals surface area contributed by atoms with E-state index in [1.807, 2.05) is 0 Å². The third-order valence-electron chi connectivity index (χ3n) is 11.3. The van der Waals surface area contributed by atoms with Crippen LogP contribution in [0.15, 0.2) is 193 Å². The van der Waals surface area contributed by atoms with Crippen LogP contribution in [0.5, 0.6) is 0 Å². The predicted molar refractivity (Wildman–Crippen MR) is 219 cm³/mol. The van der Waals surface area contributed by atoms with Crippen LogP contribution < -0.4 is 4.90 Å². The van der Waals surface area contributed by atoms with Gasteiger partial charge in [-0.15, -0.1) is 12.6 Å². The number of aromatic nitrogens is 1. The number of anilines is 3. The van der Waals surface area contributed by atoms with E-state index in [0.717, 1.165) is 27.6 Å². The molecule has 0 atom stereocenters. The molecular weight excluding hydrogens is 649 g/mol. The molecule has 11 rings (SSSR count). The highest BCUT2D eigenvalue weighted by molar-refractivity contribution is 7.80. The van der Waals surface area contributed by atoms with Crippen molar-refractivity contribution in [1.29, 1.82) is 0 Å². The molecule has 8 aromatic carbocycles. The van der Waals surface area contributed by atoms with Gasteiger partial charge in [-0.1, -0.05) is 121 Å². The lowest BCUT2D eigenvalue weighted by Crippen LogP contribution is -2.26. The maximum Gasteiger partial charge on any atom is 0.0726 e. The van der Waals surface area contributed by atoms with E-state index in [9.17, 15) is 0 Å². The molecule has 0 N–H and O–H groups in total. The van der Waals surface area contributed by atoms with Crippen LogP contribution in [0.4, 0.5) is 17.1 Å². The zero-order chi connectivity index (χ0) is 34.4. The molecule has 0 bridgehead atoms. The average Bonchev–Trinajstić information content (AvgIpc) is 3.80. The van der Waals surface area contributed by atoms with Crippen molar-refractivity contribution in [1.82, 2.24) is 4.57 Å². The number of rotatable bonds is 4. The Balaban J connectivity index is 1.19. The number of hydrogen-bond donors (Lipinski definition) is 1. The van der Waals surface area contributed by atoms with Crippen LogP contribution in [-0.2, 0) is 5.41 Å². The van der Waals surface area contributed by atoms with E-state index in [2.05, 4.69) is 210 Å². The maximum atomic E-state index is 4.67. The van der Waals surface area contributed by atoms with Crippen molar-refractivity contribution in [3.63, 3.8) is 0 Å². The molecule has 244 valence electrons. The first-order valence-electron chi connectivity index (χ1n) is 17.8. The first kappa shape index (κ1) is 29.4. The van der Waals surface area contributed by atoms with E-state index in [1.54, 1.807) is 0 Å². The Morgan fingerprint density at radius 1 is 0.385 bits per heavy atom. The molecule has 2 aliphatic rings. The van der Waals surface area contributed by atoms with Crippen molar-refractivity contribution in [2.24, 2.45) is 0 Å². The number of para-hydroxylation sites is 2. The van der Waals surface area contributed by atoms with Gasteiger partial charge in [-0.2, -0.15) is 0 Å². The van der Waals surface area contributed by atoms with Gasteiger partial charge in [-0.3, -0.25) is 0 Å². The summed E-state index contributed by atoms with van der Waals surface area (Å²) >= 11 is 4.67. The van der Waals surface area contributed by atoms with Crippen LogP contribution in [0.25, 0.3) is 49.7 Å². The Morgan fingerprint density at radius 3 is 1.56 bits per heavy atom. The van der Waals surface area contributed by atoms with Crippen LogP contribution in [0, 0.1) is 0 Å². The van der Waals surface area contributed by atoms with Crippen LogP contribution in [0.2, 0.25) is 0 Å². The molecule has 2 aliphatic carbocycles. The van der Waals surface area contributed by atoms with Gasteiger partial charge in [0.25, 0.3) is 0 Å². The summed E-state index contributed by atoms with van der Waals surface area (Å²) in [5.74, 6) is 0. The minimum Gasteiger partial charge on any atom is -0.310 e. The van der Waals surface area contributed by atoms with Crippen LogP contribution in [0.1, 0.15) is 22.3 Å². The number of nitrogens with zero attached hydrogens (tertiary/aromatic N) is 2. The molecule has 1 heterocycles. The molecule has 9 aromatic rings. The molecule has 0 radical (unpaired) electrons. The van der Waals surface area contributed by atoms with Gasteiger partial charge in [0.15, 0.2) is 0 Å². The third-order valence-corrected chi connectivity index (χ3v) is 11.6. The van der Waals surface area contributed by atoms with Crippen molar-refractivity contribution in [3.8, 4) is 27.9 Å². The van der Waals surface area contributed by atoms with Gasteiger partial charge in [-0.05, 0) is 111 Å². The van der Waals surface area contributed by atoms with Crippen molar-refractivity contribution in [2.75, 3.05) is 4.90 Å². The average molecular weight is 681 g/mol. The smallest absolute Gasteiger partial charge is 0.0726 e. The molecular formula is C49H32N2S. The lowest BCUT2D eigenvalue weighted by molar-refractivity contribution is 0.793. The Labute approximate surface area is 308 Å². The van der Waals surface area contributed by atoms with Crippen molar-refractivity contribution in [2.45, 2.75) is 10.3 Å². The van der Waals surface area contributed by atoms with Gasteiger partial charge < -0.3 is 9.47 Å². The molecule has 0 saturated heterocycles. The minimum absolute atomic E-state index is 0.417. The van der Waals surface area contributed by atoms with Crippen LogP contribution >= 0.6 is 12.6 Å². The summed E-state index contributed by atoms with van der Waals surface area (Å²) in [5.41, 5.74) is 17.0. The van der Waals surface area contributed by atoms with Crippen molar-refractivity contribution >= 4 is 51.5 Å². The van der Waals surface area contributed by atoms with E-state index in [-0.39, 0.29) is 0 Å². The summed E-state index contributed by atoms with van der Waals surface area (Å²) in [7, 11) is 0. The quantitative estimate of drug-likeness (QED) is 0.182. The fourth-order valence-electron chi connectivity index (χ4n) is 9.22. The highest BCUT2D eigenvalue weighted by Gasteiger charge is 2.51. The standard InChI is InChI=1S/C49H32N2S/c52-36-26-22-33(23-27-36)50(35-25-29-42-41-17-7-11-21-47(41)51(48(42)31-35)32-12-2-1-3-13-32)34-24-28-40-39-16-6-10-20-45(39)49(46(40)30-34)43-18-8-4-14-37(43)38-15-5-9-19-44(38)49/h1-31,52H. The van der Waals surface area contributed by atoms with Gasteiger partial charge in [0, 0.05) is 38.4 Å². The molecule has 2 nitrogen and oxygen atoms in total. The topological polar surface area (TPSA) is 8.17 Å². The van der Waals surface area contributed by atoms with Gasteiger partial charge in [-0.25, -0.2) is 0 Å². The fourth-order valence-corrected chi connectivity index (χ4v) is 9.37. The van der Waals surface area contributed by atoms with Gasteiger partial charge in [0.05, 0.1) is 16.4 Å². The molecule has 52 heavy (non-hydrogen) atoms. The zero-order valence-corrected chi connectivity index (χ0v) is 29.1. The van der Waals surface area contributed by atoms with Crippen LogP contribution in [-0.4, -0.2) is 4.57 Å². The molecule has 0 unspecified atom stereocenters. The summed E-state index contributed by atoms with van der Waals surface area (Å²) in [6.45, 7) is 0. The van der Waals surface area contributed by atoms with Gasteiger partial charge in [0.1, 0.15) is 0 Å². The predicted octanol–water partition coefficient (Wildman–Crippen LogP) is 12.9. The fraction of sp³-hybridized carbons (Fsp3) is 0.0204. The Kier molecular flexibility index (Phi) is 6.29. The molecule has 3 heteroatoms. The van der Waals surface area contributed by atoms with Gasteiger partial charge in [0.2, 0.25) is 0 Å². The second-order valence-corrected chi connectivity index (χ2v) is 14.4. The SMILES string of the molecule is Sc1ccc(N(c2ccc3c(c2)C2(c4ccccc4-c4ccccc42)c2ccccc2-3)c2ccc3c4ccccc4n(-c4ccccc4)c3c2)cc1. The molecule has 0 fully saturated rings. The zero-order valence-electron chi connectivity index (χ0n) is 28.2.